The third-order valence-electron chi connectivity index (χ3n) is 7.06. The molecule has 1 atom stereocenters. The maximum absolute atomic E-state index is 13.3. The van der Waals surface area contributed by atoms with Gasteiger partial charge in [-0.2, -0.15) is 0 Å². The number of hydrogen-bond donors (Lipinski definition) is 2. The predicted octanol–water partition coefficient (Wildman–Crippen LogP) is 6.01. The molecule has 46 heavy (non-hydrogen) atoms. The largest absolute Gasteiger partial charge is 0.458 e. The Morgan fingerprint density at radius 2 is 1.22 bits per heavy atom. The van der Waals surface area contributed by atoms with E-state index in [-0.39, 0.29) is 19.4 Å². The smallest absolute Gasteiger partial charge is 0.407 e. The molecule has 0 spiro atoms. The molecule has 242 valence electrons. The van der Waals surface area contributed by atoms with Crippen LogP contribution in [0.15, 0.2) is 104 Å². The minimum atomic E-state index is -1.00. The molecule has 4 rings (SSSR count). The van der Waals surface area contributed by atoms with Gasteiger partial charge in [0.15, 0.2) is 0 Å². The van der Waals surface area contributed by atoms with E-state index in [0.29, 0.717) is 5.69 Å². The van der Waals surface area contributed by atoms with Crippen molar-refractivity contribution < 1.29 is 23.9 Å². The predicted molar refractivity (Wildman–Crippen MR) is 177 cm³/mol. The van der Waals surface area contributed by atoms with Crippen LogP contribution in [0.2, 0.25) is 0 Å². The lowest BCUT2D eigenvalue weighted by Crippen LogP contribution is -2.46. The topological polar surface area (TPSA) is 112 Å². The Kier molecular flexibility index (Phi) is 10.7. The van der Waals surface area contributed by atoms with Gasteiger partial charge in [-0.05, 0) is 58.2 Å². The van der Waals surface area contributed by atoms with Gasteiger partial charge in [0.2, 0.25) is 5.91 Å². The summed E-state index contributed by atoms with van der Waals surface area (Å²) in [4.78, 5) is 43.1. The van der Waals surface area contributed by atoms with E-state index < -0.39 is 40.8 Å². The van der Waals surface area contributed by atoms with Gasteiger partial charge in [0, 0.05) is 25.6 Å². The number of imidazole rings is 1. The summed E-state index contributed by atoms with van der Waals surface area (Å²) in [6.07, 6.45) is 3.11. The van der Waals surface area contributed by atoms with Crippen LogP contribution in [0.5, 0.6) is 0 Å². The highest BCUT2D eigenvalue weighted by molar-refractivity contribution is 5.85. The number of carbonyl (C=O) groups excluding carboxylic acids is 3. The maximum atomic E-state index is 13.3. The Hall–Kier alpha value is -4.92. The van der Waals surface area contributed by atoms with Gasteiger partial charge in [0.25, 0.3) is 0 Å². The Balaban J connectivity index is 1.65. The zero-order chi connectivity index (χ0) is 33.4. The third kappa shape index (κ3) is 8.84. The molecule has 0 saturated carbocycles. The molecule has 2 N–H and O–H groups in total. The highest BCUT2D eigenvalue weighted by Gasteiger charge is 2.38. The summed E-state index contributed by atoms with van der Waals surface area (Å²) in [7, 11) is 0. The molecule has 0 saturated heterocycles. The number of nitrogens with one attached hydrogen (secondary N) is 2. The molecule has 0 fully saturated rings. The van der Waals surface area contributed by atoms with Crippen LogP contribution < -0.4 is 10.6 Å². The van der Waals surface area contributed by atoms with Crippen molar-refractivity contribution in [3.05, 3.63) is 126 Å². The van der Waals surface area contributed by atoms with Crippen molar-refractivity contribution in [3.63, 3.8) is 0 Å². The summed E-state index contributed by atoms with van der Waals surface area (Å²) in [5, 5.41) is 5.37. The van der Waals surface area contributed by atoms with E-state index in [2.05, 4.69) is 51.6 Å². The van der Waals surface area contributed by atoms with Crippen LogP contribution in [0, 0.1) is 0 Å². The normalized spacial score (nSPS) is 12.6. The second-order valence-electron chi connectivity index (χ2n) is 13.1. The van der Waals surface area contributed by atoms with E-state index in [1.165, 1.54) is 0 Å². The monoisotopic (exact) mass is 624 g/mol. The highest BCUT2D eigenvalue weighted by atomic mass is 16.6. The molecule has 0 unspecified atom stereocenters. The molecular formula is C37H44N4O5. The van der Waals surface area contributed by atoms with Crippen molar-refractivity contribution in [1.82, 2.24) is 20.2 Å². The first-order valence-corrected chi connectivity index (χ1v) is 15.5. The number of esters is 1. The minimum Gasteiger partial charge on any atom is -0.458 e. The number of rotatable bonds is 11. The van der Waals surface area contributed by atoms with Gasteiger partial charge in [-0.3, -0.25) is 4.79 Å². The van der Waals surface area contributed by atoms with Gasteiger partial charge >= 0.3 is 12.1 Å². The highest BCUT2D eigenvalue weighted by Crippen LogP contribution is 2.40. The van der Waals surface area contributed by atoms with Crippen LogP contribution >= 0.6 is 0 Å². The summed E-state index contributed by atoms with van der Waals surface area (Å²) < 4.78 is 13.0. The van der Waals surface area contributed by atoms with Crippen LogP contribution in [-0.2, 0) is 31.0 Å². The van der Waals surface area contributed by atoms with E-state index in [0.717, 1.165) is 16.7 Å². The molecule has 1 heterocycles. The molecule has 0 aliphatic rings. The molecule has 9 heteroatoms. The fourth-order valence-electron chi connectivity index (χ4n) is 5.27. The number of hydrogen-bond acceptors (Lipinski definition) is 6. The average molecular weight is 625 g/mol. The maximum Gasteiger partial charge on any atom is 0.407 e. The Morgan fingerprint density at radius 1 is 0.739 bits per heavy atom. The van der Waals surface area contributed by atoms with Gasteiger partial charge in [-0.1, -0.05) is 91.0 Å². The van der Waals surface area contributed by atoms with Crippen LogP contribution in [0.1, 0.15) is 70.3 Å². The number of alkyl carbamates (subject to hydrolysis) is 1. The van der Waals surface area contributed by atoms with Crippen LogP contribution in [0.3, 0.4) is 0 Å². The molecule has 0 aliphatic heterocycles. The second kappa shape index (κ2) is 14.5. The van der Waals surface area contributed by atoms with Crippen molar-refractivity contribution >= 4 is 18.0 Å². The Bertz CT molecular complexity index is 1490. The standard InChI is InChI=1S/C37H44N4O5/c1-35(2,3)45-33(43)31(40-32(42)22-23-38-34(44)46-36(4,5)6)24-30-25-41(26-39-30)37(27-16-10-7-11-17-27,28-18-12-8-13-19-28)29-20-14-9-15-21-29/h7-21,25-26,31H,22-24H2,1-6H3,(H,38,44)(H,40,42)/t31-/m0/s1. The van der Waals surface area contributed by atoms with Crippen LogP contribution in [0.25, 0.3) is 0 Å². The summed E-state index contributed by atoms with van der Waals surface area (Å²) in [6.45, 7) is 10.6. The van der Waals surface area contributed by atoms with E-state index in [1.54, 1.807) is 47.9 Å². The lowest BCUT2D eigenvalue weighted by molar-refractivity contribution is -0.158. The molecule has 0 bridgehead atoms. The Labute approximate surface area is 271 Å². The van der Waals surface area contributed by atoms with Crippen molar-refractivity contribution in [2.45, 2.75) is 77.2 Å². The third-order valence-corrected chi connectivity index (χ3v) is 7.06. The molecule has 3 aromatic carbocycles. The first kappa shape index (κ1) is 34.0. The first-order chi connectivity index (χ1) is 21.8. The van der Waals surface area contributed by atoms with Gasteiger partial charge in [-0.15, -0.1) is 0 Å². The SMILES string of the molecule is CC(C)(C)OC(=O)NCCC(=O)N[C@@H](Cc1cn(C(c2ccccc2)(c2ccccc2)c2ccccc2)cn1)C(=O)OC(C)(C)C. The molecule has 1 aromatic heterocycles. The summed E-state index contributed by atoms with van der Waals surface area (Å²) in [6, 6.07) is 29.6. The molecule has 9 nitrogen and oxygen atoms in total. The average Bonchev–Trinajstić information content (AvgIpc) is 3.46. The van der Waals surface area contributed by atoms with E-state index in [1.807, 2.05) is 60.8 Å². The summed E-state index contributed by atoms with van der Waals surface area (Å²) in [5.41, 5.74) is 1.50. The van der Waals surface area contributed by atoms with Gasteiger partial charge < -0.3 is 24.7 Å². The van der Waals surface area contributed by atoms with Crippen molar-refractivity contribution in [2.24, 2.45) is 0 Å². The fraction of sp³-hybridized carbons (Fsp3) is 0.351. The lowest BCUT2D eigenvalue weighted by atomic mass is 9.77. The summed E-state index contributed by atoms with van der Waals surface area (Å²) in [5.74, 6) is -0.991. The van der Waals surface area contributed by atoms with Crippen molar-refractivity contribution in [1.29, 1.82) is 0 Å². The quantitative estimate of drug-likeness (QED) is 0.156. The first-order valence-electron chi connectivity index (χ1n) is 15.5. The number of nitrogens with zero attached hydrogens (tertiary/aromatic N) is 2. The molecule has 4 aromatic rings. The number of amides is 2. The van der Waals surface area contributed by atoms with Crippen LogP contribution in [-0.4, -0.2) is 51.3 Å². The van der Waals surface area contributed by atoms with Crippen molar-refractivity contribution in [3.8, 4) is 0 Å². The zero-order valence-corrected chi connectivity index (χ0v) is 27.4. The number of ether oxygens (including phenoxy) is 2. The number of aromatic nitrogens is 2. The van der Waals surface area contributed by atoms with E-state index in [9.17, 15) is 14.4 Å². The van der Waals surface area contributed by atoms with Gasteiger partial charge in [-0.25, -0.2) is 14.6 Å². The molecule has 2 amide bonds. The fourth-order valence-corrected chi connectivity index (χ4v) is 5.27. The number of carbonyl (C=O) groups is 3. The molecule has 0 radical (unpaired) electrons. The van der Waals surface area contributed by atoms with E-state index >= 15 is 0 Å². The van der Waals surface area contributed by atoms with Gasteiger partial charge in [0.1, 0.15) is 22.8 Å². The Morgan fingerprint density at radius 3 is 1.67 bits per heavy atom. The molecule has 0 aliphatic carbocycles. The van der Waals surface area contributed by atoms with Crippen LogP contribution in [0.4, 0.5) is 4.79 Å². The minimum absolute atomic E-state index is 0.0458. The second-order valence-corrected chi connectivity index (χ2v) is 13.1. The summed E-state index contributed by atoms with van der Waals surface area (Å²) >= 11 is 0. The van der Waals surface area contributed by atoms with E-state index in [4.69, 9.17) is 14.5 Å². The zero-order valence-electron chi connectivity index (χ0n) is 27.4. The number of benzene rings is 3. The van der Waals surface area contributed by atoms with Crippen molar-refractivity contribution in [2.75, 3.05) is 6.54 Å². The van der Waals surface area contributed by atoms with Gasteiger partial charge in [0.05, 0.1) is 12.0 Å². The lowest BCUT2D eigenvalue weighted by Gasteiger charge is -2.37. The molecular weight excluding hydrogens is 580 g/mol.